The van der Waals surface area contributed by atoms with Gasteiger partial charge in [-0.25, -0.2) is 9.78 Å². The molecule has 1 N–H and O–H groups in total. The molecule has 0 spiro atoms. The first-order chi connectivity index (χ1) is 10.7. The van der Waals surface area contributed by atoms with Gasteiger partial charge in [0.1, 0.15) is 21.7 Å². The number of aromatic carboxylic acids is 1. The minimum Gasteiger partial charge on any atom is -0.488 e. The van der Waals surface area contributed by atoms with E-state index in [2.05, 4.69) is 4.98 Å². The number of nitrogens with zero attached hydrogens (tertiary/aromatic N) is 1. The van der Waals surface area contributed by atoms with Crippen molar-refractivity contribution in [3.63, 3.8) is 0 Å². The number of aromatic nitrogens is 1. The number of carbonyl (C=O) groups is 1. The molecule has 1 aliphatic rings. The summed E-state index contributed by atoms with van der Waals surface area (Å²) in [5.41, 5.74) is 1.00. The van der Waals surface area contributed by atoms with Gasteiger partial charge >= 0.3 is 5.97 Å². The Kier molecular flexibility index (Phi) is 4.50. The fourth-order valence-corrected chi connectivity index (χ4v) is 2.75. The topological polar surface area (TPSA) is 68.7 Å². The van der Waals surface area contributed by atoms with Gasteiger partial charge in [0.05, 0.1) is 19.4 Å². The first-order valence-electron chi connectivity index (χ1n) is 6.92. The summed E-state index contributed by atoms with van der Waals surface area (Å²) in [6.07, 6.45) is 6.14. The highest BCUT2D eigenvalue weighted by Crippen LogP contribution is 2.20. The number of hydrogen-bond donors (Lipinski definition) is 1. The van der Waals surface area contributed by atoms with E-state index in [0.29, 0.717) is 11.6 Å². The molecule has 0 aliphatic carbocycles. The fourth-order valence-electron chi connectivity index (χ4n) is 2.09. The molecule has 114 valence electrons. The third kappa shape index (κ3) is 3.72. The highest BCUT2D eigenvalue weighted by Gasteiger charge is 2.16. The molecular formula is C16H15NO4S. The molecule has 0 saturated carbocycles. The van der Waals surface area contributed by atoms with Crippen LogP contribution in [0.1, 0.15) is 26.7 Å². The zero-order valence-corrected chi connectivity index (χ0v) is 12.6. The first-order valence-corrected chi connectivity index (χ1v) is 7.74. The number of carboxylic acid groups (broad SMARTS) is 1. The highest BCUT2D eigenvalue weighted by molar-refractivity contribution is 7.14. The summed E-state index contributed by atoms with van der Waals surface area (Å²) in [5, 5.41) is 9.52. The van der Waals surface area contributed by atoms with Gasteiger partial charge in [0, 0.05) is 6.42 Å². The number of rotatable bonds is 5. The molecule has 5 nitrogen and oxygen atoms in total. The summed E-state index contributed by atoms with van der Waals surface area (Å²) in [7, 11) is 0. The maximum Gasteiger partial charge on any atom is 0.347 e. The fraction of sp³-hybridized carbons (Fsp3) is 0.250. The number of benzene rings is 1. The Morgan fingerprint density at radius 3 is 2.82 bits per heavy atom. The van der Waals surface area contributed by atoms with Crippen LogP contribution in [0.4, 0.5) is 0 Å². The summed E-state index contributed by atoms with van der Waals surface area (Å²) in [5.74, 6) is -0.121. The van der Waals surface area contributed by atoms with E-state index in [1.807, 2.05) is 30.3 Å². The predicted octanol–water partition coefficient (Wildman–Crippen LogP) is 3.18. The standard InChI is InChI=1S/C16H15NO4S/c18-16(19)14-9-17-15(22-14)6-3-11-1-4-12(5-2-11)21-13-7-8-20-10-13/h1-6,9,13H,7-8,10H2,(H,18,19)/b6-3+. The molecule has 1 aromatic heterocycles. The van der Waals surface area contributed by atoms with Crippen molar-refractivity contribution >= 4 is 29.5 Å². The SMILES string of the molecule is O=C(O)c1cnc(/C=C/c2ccc(OC3CCOC3)cc2)s1. The summed E-state index contributed by atoms with van der Waals surface area (Å²) in [6.45, 7) is 1.41. The van der Waals surface area contributed by atoms with Crippen LogP contribution in [-0.4, -0.2) is 35.4 Å². The maximum atomic E-state index is 10.8. The second-order valence-electron chi connectivity index (χ2n) is 4.87. The zero-order chi connectivity index (χ0) is 15.4. The van der Waals surface area contributed by atoms with Crippen LogP contribution in [0.2, 0.25) is 0 Å². The van der Waals surface area contributed by atoms with E-state index in [0.717, 1.165) is 35.7 Å². The van der Waals surface area contributed by atoms with Gasteiger partial charge in [0.2, 0.25) is 0 Å². The third-order valence-electron chi connectivity index (χ3n) is 3.22. The van der Waals surface area contributed by atoms with Crippen molar-refractivity contribution in [2.24, 2.45) is 0 Å². The van der Waals surface area contributed by atoms with Crippen LogP contribution < -0.4 is 4.74 Å². The summed E-state index contributed by atoms with van der Waals surface area (Å²) in [6, 6.07) is 7.74. The van der Waals surface area contributed by atoms with E-state index in [1.165, 1.54) is 6.20 Å². The minimum absolute atomic E-state index is 0.145. The third-order valence-corrected chi connectivity index (χ3v) is 4.17. The van der Waals surface area contributed by atoms with Crippen molar-refractivity contribution in [3.8, 4) is 5.75 Å². The molecule has 2 heterocycles. The van der Waals surface area contributed by atoms with E-state index >= 15 is 0 Å². The van der Waals surface area contributed by atoms with E-state index in [4.69, 9.17) is 14.6 Å². The van der Waals surface area contributed by atoms with Gasteiger partial charge in [-0.15, -0.1) is 11.3 Å². The van der Waals surface area contributed by atoms with Crippen LogP contribution in [0.3, 0.4) is 0 Å². The van der Waals surface area contributed by atoms with Crippen LogP contribution in [0.25, 0.3) is 12.2 Å². The van der Waals surface area contributed by atoms with Crippen molar-refractivity contribution in [2.75, 3.05) is 13.2 Å². The van der Waals surface area contributed by atoms with Gasteiger partial charge in [-0.2, -0.15) is 0 Å². The van der Waals surface area contributed by atoms with Gasteiger partial charge < -0.3 is 14.6 Å². The first kappa shape index (κ1) is 14.7. The van der Waals surface area contributed by atoms with Crippen LogP contribution in [0.15, 0.2) is 30.5 Å². The number of ether oxygens (including phenoxy) is 2. The van der Waals surface area contributed by atoms with Gasteiger partial charge in [-0.1, -0.05) is 18.2 Å². The predicted molar refractivity (Wildman–Crippen MR) is 84.3 cm³/mol. The van der Waals surface area contributed by atoms with Crippen molar-refractivity contribution in [2.45, 2.75) is 12.5 Å². The Morgan fingerprint density at radius 2 is 2.18 bits per heavy atom. The number of thiazole rings is 1. The van der Waals surface area contributed by atoms with Crippen molar-refractivity contribution in [1.82, 2.24) is 4.98 Å². The monoisotopic (exact) mass is 317 g/mol. The van der Waals surface area contributed by atoms with Gasteiger partial charge in [0.25, 0.3) is 0 Å². The van der Waals surface area contributed by atoms with Crippen LogP contribution >= 0.6 is 11.3 Å². The van der Waals surface area contributed by atoms with E-state index in [-0.39, 0.29) is 11.0 Å². The Hall–Kier alpha value is -2.18. The zero-order valence-electron chi connectivity index (χ0n) is 11.8. The Morgan fingerprint density at radius 1 is 1.36 bits per heavy atom. The van der Waals surface area contributed by atoms with E-state index < -0.39 is 5.97 Å². The number of hydrogen-bond acceptors (Lipinski definition) is 5. The molecule has 6 heteroatoms. The van der Waals surface area contributed by atoms with Gasteiger partial charge in [-0.3, -0.25) is 0 Å². The lowest BCUT2D eigenvalue weighted by atomic mass is 10.2. The van der Waals surface area contributed by atoms with Crippen LogP contribution in [0, 0.1) is 0 Å². The van der Waals surface area contributed by atoms with Crippen molar-refractivity contribution < 1.29 is 19.4 Å². The Labute approximate surface area is 131 Å². The van der Waals surface area contributed by atoms with Crippen LogP contribution in [-0.2, 0) is 4.74 Å². The van der Waals surface area contributed by atoms with E-state index in [9.17, 15) is 4.79 Å². The lowest BCUT2D eigenvalue weighted by molar-refractivity contribution is 0.0702. The molecule has 1 unspecified atom stereocenters. The average Bonchev–Trinajstić information content (AvgIpc) is 3.18. The van der Waals surface area contributed by atoms with Gasteiger partial charge in [-0.05, 0) is 23.8 Å². The lowest BCUT2D eigenvalue weighted by Crippen LogP contribution is -2.15. The maximum absolute atomic E-state index is 10.8. The molecule has 1 fully saturated rings. The van der Waals surface area contributed by atoms with E-state index in [1.54, 1.807) is 6.08 Å². The summed E-state index contributed by atoms with van der Waals surface area (Å²) < 4.78 is 11.1. The summed E-state index contributed by atoms with van der Waals surface area (Å²) >= 11 is 1.15. The number of carboxylic acids is 1. The molecule has 2 aromatic rings. The largest absolute Gasteiger partial charge is 0.488 e. The van der Waals surface area contributed by atoms with Crippen LogP contribution in [0.5, 0.6) is 5.75 Å². The molecule has 1 aliphatic heterocycles. The second-order valence-corrected chi connectivity index (χ2v) is 5.94. The smallest absolute Gasteiger partial charge is 0.347 e. The Bertz CT molecular complexity index is 672. The molecule has 1 saturated heterocycles. The molecule has 0 bridgehead atoms. The normalized spacial score (nSPS) is 17.9. The van der Waals surface area contributed by atoms with Crippen molar-refractivity contribution in [3.05, 3.63) is 45.9 Å². The molecule has 1 atom stereocenters. The Balaban J connectivity index is 1.62. The molecule has 0 amide bonds. The molecule has 3 rings (SSSR count). The molecule has 0 radical (unpaired) electrons. The highest BCUT2D eigenvalue weighted by atomic mass is 32.1. The second kappa shape index (κ2) is 6.72. The molecule has 1 aromatic carbocycles. The summed E-state index contributed by atoms with van der Waals surface area (Å²) in [4.78, 5) is 15.1. The minimum atomic E-state index is -0.949. The molecule has 22 heavy (non-hydrogen) atoms. The quantitative estimate of drug-likeness (QED) is 0.917. The van der Waals surface area contributed by atoms with Gasteiger partial charge in [0.15, 0.2) is 0 Å². The lowest BCUT2D eigenvalue weighted by Gasteiger charge is -2.11. The van der Waals surface area contributed by atoms with Crippen molar-refractivity contribution in [1.29, 1.82) is 0 Å². The molecular weight excluding hydrogens is 302 g/mol. The average molecular weight is 317 g/mol.